The van der Waals surface area contributed by atoms with Gasteiger partial charge in [0.15, 0.2) is 0 Å². The van der Waals surface area contributed by atoms with Gasteiger partial charge in [-0.1, -0.05) is 25.0 Å². The van der Waals surface area contributed by atoms with E-state index in [1.807, 2.05) is 18.3 Å². The molecule has 4 rings (SSSR count). The Balaban J connectivity index is 1.41. The Hall–Kier alpha value is -1.99. The lowest BCUT2D eigenvalue weighted by Gasteiger charge is -2.46. The predicted molar refractivity (Wildman–Crippen MR) is 108 cm³/mol. The Morgan fingerprint density at radius 3 is 2.53 bits per heavy atom. The highest BCUT2D eigenvalue weighted by molar-refractivity contribution is 5.21. The van der Waals surface area contributed by atoms with Gasteiger partial charge >= 0.3 is 6.18 Å². The highest BCUT2D eigenvalue weighted by Crippen LogP contribution is 2.49. The van der Waals surface area contributed by atoms with Crippen molar-refractivity contribution < 1.29 is 17.9 Å². The fourth-order valence-corrected chi connectivity index (χ4v) is 5.05. The molecule has 0 amide bonds. The number of nitrogens with one attached hydrogen (secondary N) is 1. The van der Waals surface area contributed by atoms with E-state index in [9.17, 15) is 13.2 Å². The van der Waals surface area contributed by atoms with Crippen molar-refractivity contribution in [2.45, 2.75) is 68.7 Å². The minimum atomic E-state index is -4.40. The molecule has 1 N–H and O–H groups in total. The van der Waals surface area contributed by atoms with Crippen LogP contribution in [0.1, 0.15) is 61.9 Å². The maximum atomic E-state index is 12.7. The van der Waals surface area contributed by atoms with Crippen molar-refractivity contribution in [1.29, 1.82) is 0 Å². The Labute approximate surface area is 175 Å². The van der Waals surface area contributed by atoms with Gasteiger partial charge in [-0.25, -0.2) is 0 Å². The van der Waals surface area contributed by atoms with Gasteiger partial charge in [-0.2, -0.15) is 13.2 Å². The van der Waals surface area contributed by atoms with Crippen LogP contribution in [0.25, 0.3) is 0 Å². The van der Waals surface area contributed by atoms with Gasteiger partial charge in [0.25, 0.3) is 0 Å². The summed E-state index contributed by atoms with van der Waals surface area (Å²) in [7, 11) is 0. The van der Waals surface area contributed by atoms with Crippen LogP contribution in [0.4, 0.5) is 13.2 Å². The maximum Gasteiger partial charge on any atom is 0.433 e. The standard InChI is InChI=1S/C23H28F3N3O/c24-23(25,26)20-7-6-18(16-29-20)15-27-13-10-21(19-5-1-4-12-28-19)11-14-30-22(17-21)8-2-3-9-22/h1,4-7,12,16,27H,2-3,8-11,13-15,17H2/t21-/m1/s1. The Morgan fingerprint density at radius 1 is 1.03 bits per heavy atom. The topological polar surface area (TPSA) is 47.0 Å². The molecule has 1 saturated heterocycles. The van der Waals surface area contributed by atoms with Gasteiger partial charge in [-0.3, -0.25) is 9.97 Å². The van der Waals surface area contributed by atoms with Crippen molar-refractivity contribution >= 4 is 0 Å². The van der Waals surface area contributed by atoms with Crippen molar-refractivity contribution in [2.24, 2.45) is 0 Å². The van der Waals surface area contributed by atoms with Crippen molar-refractivity contribution in [3.05, 3.63) is 59.7 Å². The average Bonchev–Trinajstić information content (AvgIpc) is 3.19. The van der Waals surface area contributed by atoms with E-state index in [4.69, 9.17) is 9.72 Å². The summed E-state index contributed by atoms with van der Waals surface area (Å²) < 4.78 is 44.3. The number of hydrogen-bond acceptors (Lipinski definition) is 4. The molecule has 1 atom stereocenters. The lowest BCUT2D eigenvalue weighted by Crippen LogP contribution is -2.47. The second-order valence-electron chi connectivity index (χ2n) is 8.64. The summed E-state index contributed by atoms with van der Waals surface area (Å²) in [5.74, 6) is 0. The number of halogens is 3. The number of rotatable bonds is 6. The molecule has 4 nitrogen and oxygen atoms in total. The van der Waals surface area contributed by atoms with Crippen molar-refractivity contribution in [3.8, 4) is 0 Å². The van der Waals surface area contributed by atoms with Gasteiger partial charge in [-0.15, -0.1) is 0 Å². The van der Waals surface area contributed by atoms with Gasteiger partial charge in [-0.05, 0) is 62.4 Å². The zero-order valence-corrected chi connectivity index (χ0v) is 17.0. The normalized spacial score (nSPS) is 23.7. The smallest absolute Gasteiger partial charge is 0.375 e. The number of hydrogen-bond donors (Lipinski definition) is 1. The van der Waals surface area contributed by atoms with E-state index in [1.54, 1.807) is 0 Å². The molecule has 1 saturated carbocycles. The molecule has 2 aliphatic rings. The summed E-state index contributed by atoms with van der Waals surface area (Å²) in [6.45, 7) is 2.00. The lowest BCUT2D eigenvalue weighted by atomic mass is 9.68. The van der Waals surface area contributed by atoms with E-state index in [1.165, 1.54) is 25.1 Å². The van der Waals surface area contributed by atoms with E-state index < -0.39 is 11.9 Å². The molecule has 162 valence electrons. The van der Waals surface area contributed by atoms with Crippen LogP contribution >= 0.6 is 0 Å². The molecule has 1 spiro atoms. The summed E-state index contributed by atoms with van der Waals surface area (Å²) >= 11 is 0. The number of alkyl halides is 3. The number of ether oxygens (including phenoxy) is 1. The lowest BCUT2D eigenvalue weighted by molar-refractivity contribution is -0.141. The third kappa shape index (κ3) is 4.67. The second-order valence-corrected chi connectivity index (χ2v) is 8.64. The van der Waals surface area contributed by atoms with Crippen molar-refractivity contribution in [1.82, 2.24) is 15.3 Å². The quantitative estimate of drug-likeness (QED) is 0.667. The first-order valence-electron chi connectivity index (χ1n) is 10.7. The predicted octanol–water partition coefficient (Wildman–Crippen LogP) is 5.04. The number of nitrogens with zero attached hydrogens (tertiary/aromatic N) is 2. The number of aromatic nitrogens is 2. The van der Waals surface area contributed by atoms with E-state index in [0.29, 0.717) is 6.54 Å². The highest BCUT2D eigenvalue weighted by Gasteiger charge is 2.48. The molecule has 1 aliphatic heterocycles. The molecule has 0 unspecified atom stereocenters. The fraction of sp³-hybridized carbons (Fsp3) is 0.565. The van der Waals surface area contributed by atoms with Crippen molar-refractivity contribution in [3.63, 3.8) is 0 Å². The first-order valence-corrected chi connectivity index (χ1v) is 10.7. The molecular weight excluding hydrogens is 391 g/mol. The Bertz CT molecular complexity index is 820. The van der Waals surface area contributed by atoms with Crippen LogP contribution in [0.15, 0.2) is 42.7 Å². The minimum absolute atomic E-state index is 0.0207. The van der Waals surface area contributed by atoms with Crippen LogP contribution in [0, 0.1) is 0 Å². The fourth-order valence-electron chi connectivity index (χ4n) is 5.05. The molecule has 2 fully saturated rings. The zero-order valence-electron chi connectivity index (χ0n) is 17.0. The first-order chi connectivity index (χ1) is 14.4. The molecule has 0 bridgehead atoms. The molecule has 0 radical (unpaired) electrons. The summed E-state index contributed by atoms with van der Waals surface area (Å²) in [5, 5.41) is 3.39. The van der Waals surface area contributed by atoms with Gasteiger partial charge in [0, 0.05) is 36.7 Å². The first kappa shape index (κ1) is 21.2. The van der Waals surface area contributed by atoms with Crippen LogP contribution < -0.4 is 5.32 Å². The largest absolute Gasteiger partial charge is 0.433 e. The van der Waals surface area contributed by atoms with Crippen LogP contribution in [0.3, 0.4) is 0 Å². The van der Waals surface area contributed by atoms with Gasteiger partial charge in [0.1, 0.15) is 5.69 Å². The van der Waals surface area contributed by atoms with Crippen molar-refractivity contribution in [2.75, 3.05) is 13.2 Å². The molecule has 0 aromatic carbocycles. The minimum Gasteiger partial charge on any atom is -0.375 e. The van der Waals surface area contributed by atoms with E-state index in [2.05, 4.69) is 16.4 Å². The highest BCUT2D eigenvalue weighted by atomic mass is 19.4. The van der Waals surface area contributed by atoms with E-state index in [-0.39, 0.29) is 11.0 Å². The molecular formula is C23H28F3N3O. The second kappa shape index (κ2) is 8.63. The Morgan fingerprint density at radius 2 is 1.87 bits per heavy atom. The molecule has 2 aromatic rings. The number of pyridine rings is 2. The van der Waals surface area contributed by atoms with E-state index >= 15 is 0 Å². The summed E-state index contributed by atoms with van der Waals surface area (Å²) in [5.41, 5.74) is 0.957. The molecule has 30 heavy (non-hydrogen) atoms. The molecule has 2 aromatic heterocycles. The summed E-state index contributed by atoms with van der Waals surface area (Å²) in [6, 6.07) is 8.63. The van der Waals surface area contributed by atoms with E-state index in [0.717, 1.165) is 62.6 Å². The average molecular weight is 419 g/mol. The molecule has 3 heterocycles. The SMILES string of the molecule is FC(F)(F)c1ccc(CNCC[C@@]2(c3ccccn3)CCOC3(CCCC3)C2)cn1. The van der Waals surface area contributed by atoms with Crippen LogP contribution in [0.2, 0.25) is 0 Å². The van der Waals surface area contributed by atoms with Gasteiger partial charge in [0.05, 0.1) is 5.60 Å². The Kier molecular flexibility index (Phi) is 6.11. The summed E-state index contributed by atoms with van der Waals surface area (Å²) in [4.78, 5) is 8.24. The van der Waals surface area contributed by atoms with Crippen LogP contribution in [-0.4, -0.2) is 28.7 Å². The van der Waals surface area contributed by atoms with Gasteiger partial charge < -0.3 is 10.1 Å². The molecule has 7 heteroatoms. The monoisotopic (exact) mass is 419 g/mol. The van der Waals surface area contributed by atoms with Crippen LogP contribution in [-0.2, 0) is 22.9 Å². The maximum absolute atomic E-state index is 12.7. The summed E-state index contributed by atoms with van der Waals surface area (Å²) in [6.07, 6.45) is 6.27. The van der Waals surface area contributed by atoms with Crippen LogP contribution in [0.5, 0.6) is 0 Å². The zero-order chi connectivity index (χ0) is 21.1. The molecule has 1 aliphatic carbocycles. The third-order valence-electron chi connectivity index (χ3n) is 6.60. The van der Waals surface area contributed by atoms with Gasteiger partial charge in [0.2, 0.25) is 0 Å². The third-order valence-corrected chi connectivity index (χ3v) is 6.60.